The highest BCUT2D eigenvalue weighted by molar-refractivity contribution is 6.29. The summed E-state index contributed by atoms with van der Waals surface area (Å²) in [4.78, 5) is 9.22. The summed E-state index contributed by atoms with van der Waals surface area (Å²) in [7, 11) is 0. The van der Waals surface area contributed by atoms with Gasteiger partial charge in [-0.05, 0) is 24.3 Å². The van der Waals surface area contributed by atoms with Crippen molar-refractivity contribution in [3.63, 3.8) is 0 Å². The summed E-state index contributed by atoms with van der Waals surface area (Å²) in [6.07, 6.45) is 0. The van der Waals surface area contributed by atoms with Gasteiger partial charge < -0.3 is 4.90 Å². The van der Waals surface area contributed by atoms with Crippen LogP contribution in [-0.2, 0) is 6.54 Å². The van der Waals surface area contributed by atoms with Gasteiger partial charge in [0, 0.05) is 38.4 Å². The molecule has 0 saturated carbocycles. The topological polar surface area (TPSA) is 19.4 Å². The molecule has 0 bridgehead atoms. The molecule has 104 valence electrons. The van der Waals surface area contributed by atoms with E-state index >= 15 is 0 Å². The van der Waals surface area contributed by atoms with Crippen LogP contribution in [-0.4, -0.2) is 36.1 Å². The Morgan fingerprint density at radius 2 is 1.65 bits per heavy atom. The summed E-state index contributed by atoms with van der Waals surface area (Å²) in [5, 5.41) is 0.574. The number of halogens is 1. The molecular formula is C16H18ClN3. The monoisotopic (exact) mass is 287 g/mol. The highest BCUT2D eigenvalue weighted by Crippen LogP contribution is 2.16. The summed E-state index contributed by atoms with van der Waals surface area (Å²) < 4.78 is 0. The first-order valence-corrected chi connectivity index (χ1v) is 7.33. The number of hydrogen-bond acceptors (Lipinski definition) is 3. The third-order valence-corrected chi connectivity index (χ3v) is 3.86. The molecule has 3 rings (SSSR count). The average molecular weight is 288 g/mol. The predicted octanol–water partition coefficient (Wildman–Crippen LogP) is 3.06. The Balaban J connectivity index is 1.56. The molecule has 1 aromatic heterocycles. The van der Waals surface area contributed by atoms with Gasteiger partial charge in [0.25, 0.3) is 0 Å². The number of hydrogen-bond donors (Lipinski definition) is 0. The minimum atomic E-state index is 0.574. The van der Waals surface area contributed by atoms with Crippen molar-refractivity contribution < 1.29 is 0 Å². The number of nitrogens with zero attached hydrogens (tertiary/aromatic N) is 3. The zero-order valence-corrected chi connectivity index (χ0v) is 12.1. The van der Waals surface area contributed by atoms with E-state index in [4.69, 9.17) is 11.6 Å². The zero-order valence-electron chi connectivity index (χ0n) is 11.4. The van der Waals surface area contributed by atoms with Crippen molar-refractivity contribution in [2.24, 2.45) is 0 Å². The van der Waals surface area contributed by atoms with Gasteiger partial charge in [0.1, 0.15) is 5.15 Å². The van der Waals surface area contributed by atoms with E-state index in [0.717, 1.165) is 38.4 Å². The van der Waals surface area contributed by atoms with Crippen LogP contribution in [0.2, 0.25) is 5.15 Å². The molecular weight excluding hydrogens is 270 g/mol. The van der Waals surface area contributed by atoms with E-state index in [-0.39, 0.29) is 0 Å². The van der Waals surface area contributed by atoms with Crippen LogP contribution in [0.25, 0.3) is 0 Å². The quantitative estimate of drug-likeness (QED) is 0.809. The Morgan fingerprint density at radius 1 is 0.900 bits per heavy atom. The molecule has 0 aliphatic carbocycles. The van der Waals surface area contributed by atoms with Gasteiger partial charge >= 0.3 is 0 Å². The van der Waals surface area contributed by atoms with E-state index in [9.17, 15) is 0 Å². The van der Waals surface area contributed by atoms with Gasteiger partial charge in [-0.3, -0.25) is 4.90 Å². The molecule has 4 heteroatoms. The Hall–Kier alpha value is -1.58. The summed E-state index contributed by atoms with van der Waals surface area (Å²) in [5.74, 6) is 0. The molecule has 0 N–H and O–H groups in total. The molecule has 0 spiro atoms. The third-order valence-electron chi connectivity index (χ3n) is 3.65. The fraction of sp³-hybridized carbons (Fsp3) is 0.312. The number of benzene rings is 1. The van der Waals surface area contributed by atoms with Crippen LogP contribution in [0.4, 0.5) is 5.69 Å². The first-order chi connectivity index (χ1) is 9.81. The normalized spacial score (nSPS) is 16.4. The van der Waals surface area contributed by atoms with Gasteiger partial charge in [-0.15, -0.1) is 0 Å². The molecule has 3 nitrogen and oxygen atoms in total. The van der Waals surface area contributed by atoms with E-state index in [1.165, 1.54) is 5.69 Å². The van der Waals surface area contributed by atoms with Gasteiger partial charge in [0.05, 0.1) is 5.69 Å². The number of pyridine rings is 1. The molecule has 1 fully saturated rings. The SMILES string of the molecule is Clc1cccc(CN2CCN(c3ccccc3)CC2)n1. The van der Waals surface area contributed by atoms with Crippen molar-refractivity contribution in [3.8, 4) is 0 Å². The Labute approximate surface area is 124 Å². The van der Waals surface area contributed by atoms with E-state index in [0.29, 0.717) is 5.15 Å². The minimum absolute atomic E-state index is 0.574. The molecule has 1 aromatic carbocycles. The fourth-order valence-electron chi connectivity index (χ4n) is 2.57. The molecule has 0 atom stereocenters. The smallest absolute Gasteiger partial charge is 0.129 e. The van der Waals surface area contributed by atoms with Crippen molar-refractivity contribution >= 4 is 17.3 Å². The van der Waals surface area contributed by atoms with E-state index in [2.05, 4.69) is 45.1 Å². The van der Waals surface area contributed by atoms with Crippen molar-refractivity contribution in [2.75, 3.05) is 31.1 Å². The van der Waals surface area contributed by atoms with E-state index in [1.807, 2.05) is 18.2 Å². The number of aromatic nitrogens is 1. The van der Waals surface area contributed by atoms with Crippen LogP contribution in [0.1, 0.15) is 5.69 Å². The lowest BCUT2D eigenvalue weighted by atomic mass is 10.2. The molecule has 20 heavy (non-hydrogen) atoms. The maximum atomic E-state index is 5.93. The maximum absolute atomic E-state index is 5.93. The predicted molar refractivity (Wildman–Crippen MR) is 83.2 cm³/mol. The summed E-state index contributed by atoms with van der Waals surface area (Å²) in [6.45, 7) is 5.12. The third kappa shape index (κ3) is 3.30. The molecule has 0 amide bonds. The molecule has 2 aromatic rings. The van der Waals surface area contributed by atoms with Crippen molar-refractivity contribution in [3.05, 3.63) is 59.4 Å². The van der Waals surface area contributed by atoms with Crippen molar-refractivity contribution in [1.29, 1.82) is 0 Å². The summed E-state index contributed by atoms with van der Waals surface area (Å²) >= 11 is 5.93. The van der Waals surface area contributed by atoms with Gasteiger partial charge in [-0.2, -0.15) is 0 Å². The first-order valence-electron chi connectivity index (χ1n) is 6.95. The summed E-state index contributed by atoms with van der Waals surface area (Å²) in [6, 6.07) is 16.4. The van der Waals surface area contributed by atoms with Crippen LogP contribution in [0.15, 0.2) is 48.5 Å². The molecule has 1 saturated heterocycles. The van der Waals surface area contributed by atoms with Crippen LogP contribution in [0.5, 0.6) is 0 Å². The average Bonchev–Trinajstić information content (AvgIpc) is 2.49. The zero-order chi connectivity index (χ0) is 13.8. The molecule has 0 radical (unpaired) electrons. The Bertz CT molecular complexity index is 551. The molecule has 1 aliphatic heterocycles. The van der Waals surface area contributed by atoms with Crippen molar-refractivity contribution in [1.82, 2.24) is 9.88 Å². The van der Waals surface area contributed by atoms with Gasteiger partial charge in [0.2, 0.25) is 0 Å². The minimum Gasteiger partial charge on any atom is -0.369 e. The van der Waals surface area contributed by atoms with Crippen LogP contribution < -0.4 is 4.90 Å². The van der Waals surface area contributed by atoms with Gasteiger partial charge in [-0.1, -0.05) is 35.9 Å². The second kappa shape index (κ2) is 6.25. The number of para-hydroxylation sites is 1. The summed E-state index contributed by atoms with van der Waals surface area (Å²) in [5.41, 5.74) is 2.36. The lowest BCUT2D eigenvalue weighted by Crippen LogP contribution is -2.46. The number of piperazine rings is 1. The Morgan fingerprint density at radius 3 is 2.35 bits per heavy atom. The highest BCUT2D eigenvalue weighted by atomic mass is 35.5. The standard InChI is InChI=1S/C16H18ClN3/c17-16-8-4-5-14(18-16)13-19-9-11-20(12-10-19)15-6-2-1-3-7-15/h1-8H,9-13H2. The van der Waals surface area contributed by atoms with Crippen LogP contribution in [0, 0.1) is 0 Å². The second-order valence-electron chi connectivity index (χ2n) is 5.05. The lowest BCUT2D eigenvalue weighted by Gasteiger charge is -2.35. The highest BCUT2D eigenvalue weighted by Gasteiger charge is 2.17. The van der Waals surface area contributed by atoms with Gasteiger partial charge in [0.15, 0.2) is 0 Å². The second-order valence-corrected chi connectivity index (χ2v) is 5.44. The van der Waals surface area contributed by atoms with Crippen LogP contribution >= 0.6 is 11.6 Å². The lowest BCUT2D eigenvalue weighted by molar-refractivity contribution is 0.247. The fourth-order valence-corrected chi connectivity index (χ4v) is 2.75. The van der Waals surface area contributed by atoms with E-state index in [1.54, 1.807) is 0 Å². The number of rotatable bonds is 3. The van der Waals surface area contributed by atoms with Crippen molar-refractivity contribution in [2.45, 2.75) is 6.54 Å². The molecule has 0 unspecified atom stereocenters. The van der Waals surface area contributed by atoms with E-state index < -0.39 is 0 Å². The molecule has 2 heterocycles. The van der Waals surface area contributed by atoms with Gasteiger partial charge in [-0.25, -0.2) is 4.98 Å². The van der Waals surface area contributed by atoms with Crippen LogP contribution in [0.3, 0.4) is 0 Å². The Kier molecular flexibility index (Phi) is 4.19. The largest absolute Gasteiger partial charge is 0.369 e. The first kappa shape index (κ1) is 13.4. The maximum Gasteiger partial charge on any atom is 0.129 e. The number of anilines is 1. The molecule has 1 aliphatic rings.